The van der Waals surface area contributed by atoms with Crippen molar-refractivity contribution in [3.05, 3.63) is 86.6 Å². The van der Waals surface area contributed by atoms with Crippen LogP contribution < -0.4 is 4.90 Å². The normalized spacial score (nSPS) is 17.9. The average Bonchev–Trinajstić information content (AvgIpc) is 3.48. The number of Topliss-reactive ketones (excluding diaryl/α,β-unsaturated/α-hetero) is 1. The number of rotatable bonds is 3. The number of aromatic nitrogens is 1. The smallest absolute Gasteiger partial charge is 0.301 e. The van der Waals surface area contributed by atoms with Gasteiger partial charge in [-0.05, 0) is 43.0 Å². The lowest BCUT2D eigenvalue weighted by Crippen LogP contribution is -2.28. The van der Waals surface area contributed by atoms with Gasteiger partial charge in [-0.1, -0.05) is 35.1 Å². The van der Waals surface area contributed by atoms with Gasteiger partial charge in [0.15, 0.2) is 10.9 Å². The Kier molecular flexibility index (Phi) is 5.10. The molecule has 4 aromatic rings. The summed E-state index contributed by atoms with van der Waals surface area (Å²) in [5, 5.41) is 13.1. The third-order valence-corrected chi connectivity index (χ3v) is 7.44. The molecule has 2 aromatic heterocycles. The number of aliphatic hydroxyl groups excluding tert-OH is 1. The predicted molar refractivity (Wildman–Crippen MR) is 125 cm³/mol. The Morgan fingerprint density at radius 2 is 1.91 bits per heavy atom. The SMILES string of the molecule is Cc1ccc(C)c(/C(O)=C2\C(=O)C(=O)N(c3nc4c(F)cc(F)cc4s3)C2c2cccs2)c1. The van der Waals surface area contributed by atoms with Crippen molar-refractivity contribution in [1.82, 2.24) is 4.98 Å². The van der Waals surface area contributed by atoms with Crippen LogP contribution in [0, 0.1) is 25.5 Å². The minimum absolute atomic E-state index is 0.0509. The minimum Gasteiger partial charge on any atom is -0.507 e. The summed E-state index contributed by atoms with van der Waals surface area (Å²) in [7, 11) is 0. The molecule has 3 heterocycles. The van der Waals surface area contributed by atoms with Gasteiger partial charge in [-0.2, -0.15) is 0 Å². The maximum absolute atomic E-state index is 14.3. The number of benzene rings is 2. The Morgan fingerprint density at radius 1 is 1.12 bits per heavy atom. The highest BCUT2D eigenvalue weighted by Crippen LogP contribution is 2.46. The number of halogens is 2. The van der Waals surface area contributed by atoms with Gasteiger partial charge in [0.25, 0.3) is 5.78 Å². The van der Waals surface area contributed by atoms with E-state index in [0.29, 0.717) is 10.4 Å². The second-order valence-electron chi connectivity index (χ2n) is 7.73. The Balaban J connectivity index is 1.75. The summed E-state index contributed by atoms with van der Waals surface area (Å²) >= 11 is 2.22. The van der Waals surface area contributed by atoms with E-state index >= 15 is 0 Å². The zero-order chi connectivity index (χ0) is 23.4. The molecule has 0 saturated carbocycles. The van der Waals surface area contributed by atoms with Gasteiger partial charge in [-0.25, -0.2) is 13.8 Å². The maximum Gasteiger partial charge on any atom is 0.301 e. The van der Waals surface area contributed by atoms with Crippen molar-refractivity contribution >= 4 is 55.5 Å². The number of thiophene rings is 1. The molecular formula is C24H16F2N2O3S2. The fourth-order valence-corrected chi connectivity index (χ4v) is 5.79. The number of carbonyl (C=O) groups excluding carboxylic acids is 2. The van der Waals surface area contributed by atoms with E-state index < -0.39 is 29.4 Å². The van der Waals surface area contributed by atoms with E-state index in [0.717, 1.165) is 39.5 Å². The summed E-state index contributed by atoms with van der Waals surface area (Å²) < 4.78 is 28.2. The summed E-state index contributed by atoms with van der Waals surface area (Å²) in [4.78, 5) is 32.4. The first-order chi connectivity index (χ1) is 15.8. The molecule has 5 nitrogen and oxygen atoms in total. The molecule has 1 aliphatic rings. The molecule has 1 saturated heterocycles. The van der Waals surface area contributed by atoms with Crippen molar-refractivity contribution in [2.75, 3.05) is 4.90 Å². The monoisotopic (exact) mass is 482 g/mol. The molecule has 0 bridgehead atoms. The fraction of sp³-hybridized carbons (Fsp3) is 0.125. The molecule has 1 atom stereocenters. The van der Waals surface area contributed by atoms with Crippen LogP contribution in [0.3, 0.4) is 0 Å². The number of thiazole rings is 1. The molecular weight excluding hydrogens is 466 g/mol. The molecule has 0 spiro atoms. The highest BCUT2D eigenvalue weighted by Gasteiger charge is 2.48. The van der Waals surface area contributed by atoms with Crippen LogP contribution in [-0.2, 0) is 9.59 Å². The number of carbonyl (C=O) groups is 2. The van der Waals surface area contributed by atoms with E-state index in [2.05, 4.69) is 4.98 Å². The van der Waals surface area contributed by atoms with E-state index in [1.54, 1.807) is 30.5 Å². The van der Waals surface area contributed by atoms with E-state index in [9.17, 15) is 23.5 Å². The van der Waals surface area contributed by atoms with Gasteiger partial charge in [0.2, 0.25) is 0 Å². The van der Waals surface area contributed by atoms with Crippen LogP contribution >= 0.6 is 22.7 Å². The lowest BCUT2D eigenvalue weighted by Gasteiger charge is -2.21. The fourth-order valence-electron chi connectivity index (χ4n) is 3.93. The van der Waals surface area contributed by atoms with E-state index in [1.165, 1.54) is 11.3 Å². The topological polar surface area (TPSA) is 70.5 Å². The predicted octanol–water partition coefficient (Wildman–Crippen LogP) is 5.88. The minimum atomic E-state index is -0.946. The first-order valence-electron chi connectivity index (χ1n) is 9.94. The average molecular weight is 483 g/mol. The lowest BCUT2D eigenvalue weighted by molar-refractivity contribution is -0.132. The van der Waals surface area contributed by atoms with Gasteiger partial charge < -0.3 is 5.11 Å². The van der Waals surface area contributed by atoms with Gasteiger partial charge >= 0.3 is 5.91 Å². The molecule has 0 aliphatic carbocycles. The lowest BCUT2D eigenvalue weighted by atomic mass is 9.96. The zero-order valence-corrected chi connectivity index (χ0v) is 19.1. The molecule has 5 rings (SSSR count). The van der Waals surface area contributed by atoms with Gasteiger partial charge in [0.05, 0.1) is 10.3 Å². The molecule has 166 valence electrons. The van der Waals surface area contributed by atoms with E-state index in [1.807, 2.05) is 19.1 Å². The number of aryl methyl sites for hydroxylation is 2. The number of ketones is 1. The Labute approximate surface area is 195 Å². The Bertz CT molecular complexity index is 1470. The third-order valence-electron chi connectivity index (χ3n) is 5.51. The largest absolute Gasteiger partial charge is 0.507 e. The number of anilines is 1. The van der Waals surface area contributed by atoms with Crippen LogP contribution in [0.5, 0.6) is 0 Å². The van der Waals surface area contributed by atoms with Crippen LogP contribution in [0.2, 0.25) is 0 Å². The molecule has 2 aromatic carbocycles. The molecule has 1 amide bonds. The zero-order valence-electron chi connectivity index (χ0n) is 17.4. The summed E-state index contributed by atoms with van der Waals surface area (Å²) in [6.45, 7) is 3.66. The van der Waals surface area contributed by atoms with Gasteiger partial charge in [-0.3, -0.25) is 14.5 Å². The molecule has 9 heteroatoms. The van der Waals surface area contributed by atoms with Gasteiger partial charge in [0.1, 0.15) is 23.1 Å². The molecule has 1 fully saturated rings. The highest BCUT2D eigenvalue weighted by atomic mass is 32.1. The molecule has 1 unspecified atom stereocenters. The second-order valence-corrected chi connectivity index (χ2v) is 9.72. The van der Waals surface area contributed by atoms with Crippen LogP contribution in [0.25, 0.3) is 16.0 Å². The van der Waals surface area contributed by atoms with Crippen molar-refractivity contribution in [2.45, 2.75) is 19.9 Å². The van der Waals surface area contributed by atoms with Crippen LogP contribution in [0.15, 0.2) is 53.4 Å². The maximum atomic E-state index is 14.3. The van der Waals surface area contributed by atoms with Crippen molar-refractivity contribution in [2.24, 2.45) is 0 Å². The first kappa shape index (κ1) is 21.4. The number of hydrogen-bond acceptors (Lipinski definition) is 6. The molecule has 1 aliphatic heterocycles. The molecule has 1 N–H and O–H groups in total. The van der Waals surface area contributed by atoms with Gasteiger partial charge in [0, 0.05) is 16.5 Å². The van der Waals surface area contributed by atoms with Crippen LogP contribution in [0.4, 0.5) is 13.9 Å². The summed E-state index contributed by atoms with van der Waals surface area (Å²) in [5.74, 6) is -3.65. The van der Waals surface area contributed by atoms with Crippen LogP contribution in [0.1, 0.15) is 27.6 Å². The Morgan fingerprint density at radius 3 is 2.64 bits per heavy atom. The van der Waals surface area contributed by atoms with Crippen molar-refractivity contribution in [1.29, 1.82) is 0 Å². The molecule has 33 heavy (non-hydrogen) atoms. The Hall–Kier alpha value is -3.43. The molecule has 0 radical (unpaired) electrons. The first-order valence-corrected chi connectivity index (χ1v) is 11.6. The number of fused-ring (bicyclic) bond motifs is 1. The number of hydrogen-bond donors (Lipinski definition) is 1. The number of nitrogens with zero attached hydrogens (tertiary/aromatic N) is 2. The van der Waals surface area contributed by atoms with Crippen molar-refractivity contribution < 1.29 is 23.5 Å². The highest BCUT2D eigenvalue weighted by molar-refractivity contribution is 7.22. The van der Waals surface area contributed by atoms with Gasteiger partial charge in [-0.15, -0.1) is 11.3 Å². The second kappa shape index (κ2) is 7.86. The van der Waals surface area contributed by atoms with E-state index in [-0.39, 0.29) is 26.7 Å². The number of amides is 1. The van der Waals surface area contributed by atoms with Crippen molar-refractivity contribution in [3.8, 4) is 0 Å². The van der Waals surface area contributed by atoms with Crippen LogP contribution in [-0.4, -0.2) is 21.8 Å². The summed E-state index contributed by atoms with van der Waals surface area (Å²) in [6.07, 6.45) is 0. The number of aliphatic hydroxyl groups is 1. The summed E-state index contributed by atoms with van der Waals surface area (Å²) in [6, 6.07) is 9.88. The third kappa shape index (κ3) is 3.44. The van der Waals surface area contributed by atoms with E-state index in [4.69, 9.17) is 0 Å². The summed E-state index contributed by atoms with van der Waals surface area (Å²) in [5.41, 5.74) is 1.92. The standard InChI is InChI=1S/C24H16F2N2O3S2/c1-11-5-6-12(2)14(8-11)21(29)18-20(16-4-3-7-32-16)28(23(31)22(18)30)24-27-19-15(26)9-13(25)10-17(19)33-24/h3-10,20,29H,1-2H3/b21-18+. The quantitative estimate of drug-likeness (QED) is 0.225. The van der Waals surface area contributed by atoms with Crippen molar-refractivity contribution in [3.63, 3.8) is 0 Å².